The fraction of sp³-hybridized carbons (Fsp3) is 1.00. The van der Waals surface area contributed by atoms with Crippen LogP contribution in [0.2, 0.25) is 0 Å². The highest BCUT2D eigenvalue weighted by molar-refractivity contribution is 4.71. The normalized spacial score (nSPS) is 42.0. The summed E-state index contributed by atoms with van der Waals surface area (Å²) in [4.78, 5) is 0. The largest absolute Gasteiger partial charge is 0.377 e. The van der Waals surface area contributed by atoms with Crippen LogP contribution in [0.1, 0.15) is 13.3 Å². The molecule has 1 aliphatic heterocycles. The van der Waals surface area contributed by atoms with Crippen molar-refractivity contribution in [2.75, 3.05) is 6.61 Å². The minimum absolute atomic E-state index is 0.301. The van der Waals surface area contributed by atoms with Crippen molar-refractivity contribution in [3.8, 4) is 0 Å². The number of rotatable bonds is 0. The molecule has 2 atom stereocenters. The molecule has 0 bridgehead atoms. The molecule has 42 valence electrons. The lowest BCUT2D eigenvalue weighted by Crippen LogP contribution is -2.18. The van der Waals surface area contributed by atoms with Gasteiger partial charge in [0.2, 0.25) is 0 Å². The van der Waals surface area contributed by atoms with Crippen LogP contribution in [0, 0.1) is 0 Å². The Hall–Kier alpha value is -0.0800. The zero-order chi connectivity index (χ0) is 5.28. The monoisotopic (exact) mass is 101 g/mol. The van der Waals surface area contributed by atoms with Crippen LogP contribution in [0.5, 0.6) is 0 Å². The Balaban J connectivity index is 2.26. The van der Waals surface area contributed by atoms with Gasteiger partial charge in [-0.1, -0.05) is 0 Å². The van der Waals surface area contributed by atoms with Gasteiger partial charge in [0.25, 0.3) is 0 Å². The van der Waals surface area contributed by atoms with E-state index in [0.717, 1.165) is 13.0 Å². The molecule has 0 aromatic rings. The molecule has 2 nitrogen and oxygen atoms in total. The predicted molar refractivity (Wildman–Crippen MR) is 28.0 cm³/mol. The number of hydrogen-bond donors (Lipinski definition) is 1. The fourth-order valence-electron chi connectivity index (χ4n) is 0.850. The zero-order valence-corrected chi connectivity index (χ0v) is 4.55. The van der Waals surface area contributed by atoms with Crippen LogP contribution in [0.25, 0.3) is 0 Å². The first-order valence-electron chi connectivity index (χ1n) is 2.66. The SMILES string of the molecule is CC1CC(N)CO1. The first kappa shape index (κ1) is 5.06. The van der Waals surface area contributed by atoms with Crippen molar-refractivity contribution in [1.29, 1.82) is 0 Å². The highest BCUT2D eigenvalue weighted by Gasteiger charge is 2.16. The van der Waals surface area contributed by atoms with Crippen molar-refractivity contribution < 1.29 is 4.74 Å². The van der Waals surface area contributed by atoms with E-state index in [-0.39, 0.29) is 0 Å². The molecule has 0 aliphatic carbocycles. The van der Waals surface area contributed by atoms with Crippen LogP contribution in [-0.2, 0) is 4.74 Å². The number of ether oxygens (including phenoxy) is 1. The molecule has 0 saturated carbocycles. The first-order valence-corrected chi connectivity index (χ1v) is 2.66. The molecule has 2 N–H and O–H groups in total. The smallest absolute Gasteiger partial charge is 0.0622 e. The molecule has 2 heteroatoms. The van der Waals surface area contributed by atoms with E-state index in [9.17, 15) is 0 Å². The van der Waals surface area contributed by atoms with Crippen LogP contribution in [0.4, 0.5) is 0 Å². The third-order valence-corrected chi connectivity index (χ3v) is 1.23. The standard InChI is InChI=1S/C5H11NO/c1-4-2-5(6)3-7-4/h4-5H,2-3,6H2,1H3. The molecule has 1 saturated heterocycles. The molecule has 2 unspecified atom stereocenters. The number of nitrogens with two attached hydrogens (primary N) is 1. The van der Waals surface area contributed by atoms with E-state index in [1.807, 2.05) is 6.92 Å². The van der Waals surface area contributed by atoms with Crippen molar-refractivity contribution in [3.63, 3.8) is 0 Å². The van der Waals surface area contributed by atoms with Gasteiger partial charge in [-0.2, -0.15) is 0 Å². The number of hydrogen-bond acceptors (Lipinski definition) is 2. The van der Waals surface area contributed by atoms with E-state index in [4.69, 9.17) is 10.5 Å². The van der Waals surface area contributed by atoms with E-state index >= 15 is 0 Å². The summed E-state index contributed by atoms with van der Waals surface area (Å²) < 4.78 is 5.14. The molecule has 1 aliphatic rings. The van der Waals surface area contributed by atoms with Crippen LogP contribution < -0.4 is 5.73 Å². The van der Waals surface area contributed by atoms with E-state index in [1.165, 1.54) is 0 Å². The van der Waals surface area contributed by atoms with Crippen LogP contribution in [0.3, 0.4) is 0 Å². The van der Waals surface area contributed by atoms with E-state index in [2.05, 4.69) is 0 Å². The van der Waals surface area contributed by atoms with Crippen molar-refractivity contribution in [1.82, 2.24) is 0 Å². The average Bonchev–Trinajstić information content (AvgIpc) is 1.87. The van der Waals surface area contributed by atoms with Crippen LogP contribution in [0.15, 0.2) is 0 Å². The lowest BCUT2D eigenvalue weighted by atomic mass is 10.2. The van der Waals surface area contributed by atoms with Gasteiger partial charge in [-0.3, -0.25) is 0 Å². The van der Waals surface area contributed by atoms with Crippen LogP contribution >= 0.6 is 0 Å². The Morgan fingerprint density at radius 2 is 2.43 bits per heavy atom. The molecular formula is C5H11NO. The molecule has 0 amide bonds. The molecule has 1 rings (SSSR count). The van der Waals surface area contributed by atoms with Crippen molar-refractivity contribution in [3.05, 3.63) is 0 Å². The molecule has 1 heterocycles. The van der Waals surface area contributed by atoms with Gasteiger partial charge < -0.3 is 10.5 Å². The van der Waals surface area contributed by atoms with Crippen molar-refractivity contribution >= 4 is 0 Å². The lowest BCUT2D eigenvalue weighted by molar-refractivity contribution is 0.124. The summed E-state index contributed by atoms with van der Waals surface area (Å²) >= 11 is 0. The molecule has 7 heavy (non-hydrogen) atoms. The van der Waals surface area contributed by atoms with Gasteiger partial charge in [0.15, 0.2) is 0 Å². The Labute approximate surface area is 43.6 Å². The van der Waals surface area contributed by atoms with E-state index in [1.54, 1.807) is 0 Å². The maximum absolute atomic E-state index is 5.50. The van der Waals surface area contributed by atoms with Crippen molar-refractivity contribution in [2.45, 2.75) is 25.5 Å². The first-order chi connectivity index (χ1) is 3.29. The Morgan fingerprint density at radius 3 is 2.57 bits per heavy atom. The van der Waals surface area contributed by atoms with Crippen molar-refractivity contribution in [2.24, 2.45) is 5.73 Å². The average molecular weight is 101 g/mol. The van der Waals surface area contributed by atoms with E-state index in [0.29, 0.717) is 12.1 Å². The summed E-state index contributed by atoms with van der Waals surface area (Å²) in [6, 6.07) is 0.301. The maximum Gasteiger partial charge on any atom is 0.0622 e. The van der Waals surface area contributed by atoms with Gasteiger partial charge in [0, 0.05) is 6.04 Å². The second kappa shape index (κ2) is 1.80. The van der Waals surface area contributed by atoms with Gasteiger partial charge in [-0.15, -0.1) is 0 Å². The second-order valence-electron chi connectivity index (χ2n) is 2.14. The molecule has 0 radical (unpaired) electrons. The summed E-state index contributed by atoms with van der Waals surface area (Å²) in [5, 5.41) is 0. The third kappa shape index (κ3) is 1.14. The van der Waals surface area contributed by atoms with Gasteiger partial charge in [0.05, 0.1) is 12.7 Å². The molecule has 0 spiro atoms. The summed E-state index contributed by atoms with van der Waals surface area (Å²) in [5.41, 5.74) is 5.50. The third-order valence-electron chi connectivity index (χ3n) is 1.23. The quantitative estimate of drug-likeness (QED) is 0.470. The van der Waals surface area contributed by atoms with E-state index < -0.39 is 0 Å². The second-order valence-corrected chi connectivity index (χ2v) is 2.14. The summed E-state index contributed by atoms with van der Waals surface area (Å²) in [6.45, 7) is 2.80. The minimum Gasteiger partial charge on any atom is -0.377 e. The topological polar surface area (TPSA) is 35.2 Å². The summed E-state index contributed by atoms with van der Waals surface area (Å²) in [6.07, 6.45) is 1.43. The minimum atomic E-state index is 0.301. The lowest BCUT2D eigenvalue weighted by Gasteiger charge is -1.94. The summed E-state index contributed by atoms with van der Waals surface area (Å²) in [5.74, 6) is 0. The fourth-order valence-corrected chi connectivity index (χ4v) is 0.850. The Kier molecular flexibility index (Phi) is 1.30. The van der Waals surface area contributed by atoms with Crippen LogP contribution in [-0.4, -0.2) is 18.8 Å². The molecule has 0 aromatic carbocycles. The predicted octanol–water partition coefficient (Wildman–Crippen LogP) is 0.122. The van der Waals surface area contributed by atoms with Gasteiger partial charge in [-0.25, -0.2) is 0 Å². The highest BCUT2D eigenvalue weighted by Crippen LogP contribution is 2.08. The van der Waals surface area contributed by atoms with Gasteiger partial charge in [0.1, 0.15) is 0 Å². The highest BCUT2D eigenvalue weighted by atomic mass is 16.5. The van der Waals surface area contributed by atoms with Gasteiger partial charge in [-0.05, 0) is 13.3 Å². The Morgan fingerprint density at radius 1 is 1.71 bits per heavy atom. The summed E-state index contributed by atoms with van der Waals surface area (Å²) in [7, 11) is 0. The van der Waals surface area contributed by atoms with Gasteiger partial charge >= 0.3 is 0 Å². The molecule has 0 aromatic heterocycles. The maximum atomic E-state index is 5.50. The Bertz CT molecular complexity index is 57.1. The molecular weight excluding hydrogens is 90.1 g/mol. The zero-order valence-electron chi connectivity index (χ0n) is 4.55. The molecule has 1 fully saturated rings.